The molecule has 0 bridgehead atoms. The van der Waals surface area contributed by atoms with Crippen LogP contribution in [-0.4, -0.2) is 4.57 Å². The zero-order valence-electron chi connectivity index (χ0n) is 7.81. The molecule has 0 aromatic carbocycles. The summed E-state index contributed by atoms with van der Waals surface area (Å²) in [6.07, 6.45) is -4.03. The highest BCUT2D eigenvalue weighted by Crippen LogP contribution is 2.29. The van der Waals surface area contributed by atoms with Crippen LogP contribution in [0.15, 0.2) is 33.9 Å². The highest BCUT2D eigenvalue weighted by molar-refractivity contribution is 9.10. The van der Waals surface area contributed by atoms with Gasteiger partial charge in [0.15, 0.2) is 0 Å². The Morgan fingerprint density at radius 3 is 2.50 bits per heavy atom. The van der Waals surface area contributed by atoms with E-state index in [0.29, 0.717) is 16.8 Å². The van der Waals surface area contributed by atoms with Gasteiger partial charge in [-0.15, -0.1) is 0 Å². The summed E-state index contributed by atoms with van der Waals surface area (Å²) < 4.78 is 49.9. The van der Waals surface area contributed by atoms with Gasteiger partial charge in [0, 0.05) is 6.20 Å². The molecule has 88 valence electrons. The average Bonchev–Trinajstić information content (AvgIpc) is 2.10. The molecule has 0 spiro atoms. The second kappa shape index (κ2) is 4.40. The number of rotatable bonds is 2. The zero-order chi connectivity index (χ0) is 12.5. The Balaban J connectivity index is 3.33. The molecule has 1 rings (SSSR count). The van der Waals surface area contributed by atoms with Gasteiger partial charge in [-0.25, -0.2) is 4.39 Å². The summed E-state index contributed by atoms with van der Waals surface area (Å²) in [5, 5.41) is 0. The van der Waals surface area contributed by atoms with E-state index in [1.54, 1.807) is 0 Å². The molecule has 1 heterocycles. The van der Waals surface area contributed by atoms with Crippen molar-refractivity contribution in [3.63, 3.8) is 0 Å². The summed E-state index contributed by atoms with van der Waals surface area (Å²) in [5.74, 6) is -0.895. The van der Waals surface area contributed by atoms with Crippen molar-refractivity contribution < 1.29 is 17.6 Å². The van der Waals surface area contributed by atoms with Crippen LogP contribution in [0.2, 0.25) is 0 Å². The van der Waals surface area contributed by atoms with Gasteiger partial charge in [0.25, 0.3) is 5.56 Å². The van der Waals surface area contributed by atoms with Crippen LogP contribution < -0.4 is 5.56 Å². The number of alkyl halides is 3. The largest absolute Gasteiger partial charge is 0.417 e. The van der Waals surface area contributed by atoms with Gasteiger partial charge in [-0.1, -0.05) is 6.58 Å². The molecule has 0 aliphatic rings. The maximum absolute atomic E-state index is 12.5. The zero-order valence-corrected chi connectivity index (χ0v) is 9.40. The summed E-state index contributed by atoms with van der Waals surface area (Å²) in [4.78, 5) is 11.3. The number of pyridine rings is 1. The number of hydrogen-bond donors (Lipinski definition) is 0. The normalized spacial score (nSPS) is 11.6. The smallest absolute Gasteiger partial charge is 0.307 e. The molecule has 0 saturated carbocycles. The van der Waals surface area contributed by atoms with E-state index in [4.69, 9.17) is 0 Å². The first-order valence-corrected chi connectivity index (χ1v) is 4.81. The van der Waals surface area contributed by atoms with E-state index in [-0.39, 0.29) is 4.47 Å². The van der Waals surface area contributed by atoms with Crippen LogP contribution >= 0.6 is 15.9 Å². The van der Waals surface area contributed by atoms with Crippen LogP contribution in [0.25, 0.3) is 0 Å². The average molecular weight is 300 g/mol. The number of nitrogens with zero attached hydrogens (tertiary/aromatic N) is 1. The van der Waals surface area contributed by atoms with Gasteiger partial charge in [0.05, 0.1) is 16.6 Å². The predicted molar refractivity (Wildman–Crippen MR) is 53.7 cm³/mol. The summed E-state index contributed by atoms with van der Waals surface area (Å²) in [7, 11) is 0. The van der Waals surface area contributed by atoms with Gasteiger partial charge in [0.1, 0.15) is 5.83 Å². The highest BCUT2D eigenvalue weighted by atomic mass is 79.9. The highest BCUT2D eigenvalue weighted by Gasteiger charge is 2.31. The Hall–Kier alpha value is -1.11. The summed E-state index contributed by atoms with van der Waals surface area (Å²) in [6.45, 7) is 2.29. The second-order valence-electron chi connectivity index (χ2n) is 3.02. The van der Waals surface area contributed by atoms with Crippen molar-refractivity contribution in [1.29, 1.82) is 0 Å². The lowest BCUT2D eigenvalue weighted by molar-refractivity contribution is -0.138. The van der Waals surface area contributed by atoms with Gasteiger partial charge in [-0.2, -0.15) is 13.2 Å². The molecule has 0 fully saturated rings. The Morgan fingerprint density at radius 2 is 2.06 bits per heavy atom. The molecule has 0 unspecified atom stereocenters. The molecule has 0 saturated heterocycles. The molecule has 2 nitrogen and oxygen atoms in total. The molecule has 7 heteroatoms. The molecular formula is C9H6BrF4NO. The molecule has 0 N–H and O–H groups in total. The van der Waals surface area contributed by atoms with Crippen molar-refractivity contribution in [2.24, 2.45) is 0 Å². The van der Waals surface area contributed by atoms with Gasteiger partial charge >= 0.3 is 6.18 Å². The van der Waals surface area contributed by atoms with Crippen LogP contribution in [0.1, 0.15) is 5.56 Å². The standard InChI is InChI=1S/C9H6BrF4NO/c1-5(11)3-15-4-6(9(12,13)14)2-7(10)8(15)16/h2,4H,1,3H2. The van der Waals surface area contributed by atoms with E-state index in [0.717, 1.165) is 0 Å². The van der Waals surface area contributed by atoms with Gasteiger partial charge in [-0.05, 0) is 22.0 Å². The fourth-order valence-corrected chi connectivity index (χ4v) is 1.53. The second-order valence-corrected chi connectivity index (χ2v) is 3.88. The minimum absolute atomic E-state index is 0.274. The third kappa shape index (κ3) is 2.94. The van der Waals surface area contributed by atoms with Crippen LogP contribution in [0.5, 0.6) is 0 Å². The monoisotopic (exact) mass is 299 g/mol. The minimum Gasteiger partial charge on any atom is -0.307 e. The maximum Gasteiger partial charge on any atom is 0.417 e. The molecule has 0 aliphatic heterocycles. The van der Waals surface area contributed by atoms with E-state index in [9.17, 15) is 22.4 Å². The van der Waals surface area contributed by atoms with Crippen molar-refractivity contribution in [1.82, 2.24) is 4.57 Å². The fraction of sp³-hybridized carbons (Fsp3) is 0.222. The van der Waals surface area contributed by atoms with Crippen molar-refractivity contribution in [2.45, 2.75) is 12.7 Å². The van der Waals surface area contributed by atoms with Crippen molar-refractivity contribution in [3.05, 3.63) is 45.1 Å². The molecular weight excluding hydrogens is 294 g/mol. The van der Waals surface area contributed by atoms with Crippen molar-refractivity contribution in [2.75, 3.05) is 0 Å². The Kier molecular flexibility index (Phi) is 3.57. The number of hydrogen-bond acceptors (Lipinski definition) is 1. The van der Waals surface area contributed by atoms with Crippen LogP contribution in [0.3, 0.4) is 0 Å². The summed E-state index contributed by atoms with van der Waals surface area (Å²) >= 11 is 2.69. The fourth-order valence-electron chi connectivity index (χ4n) is 1.06. The summed E-state index contributed by atoms with van der Waals surface area (Å²) in [6, 6.07) is 0.653. The third-order valence-electron chi connectivity index (χ3n) is 1.71. The van der Waals surface area contributed by atoms with Crippen molar-refractivity contribution >= 4 is 15.9 Å². The van der Waals surface area contributed by atoms with Gasteiger partial charge in [0.2, 0.25) is 0 Å². The number of aromatic nitrogens is 1. The predicted octanol–water partition coefficient (Wildman–Crippen LogP) is 3.11. The van der Waals surface area contributed by atoms with Crippen LogP contribution in [-0.2, 0) is 12.7 Å². The van der Waals surface area contributed by atoms with E-state index in [1.165, 1.54) is 0 Å². The topological polar surface area (TPSA) is 22.0 Å². The lowest BCUT2D eigenvalue weighted by Gasteiger charge is -2.10. The first-order chi connectivity index (χ1) is 7.21. The van der Waals surface area contributed by atoms with E-state index < -0.39 is 29.7 Å². The number of allylic oxidation sites excluding steroid dienone is 1. The summed E-state index contributed by atoms with van der Waals surface area (Å²) in [5.41, 5.74) is -1.77. The van der Waals surface area contributed by atoms with E-state index in [2.05, 4.69) is 22.5 Å². The first kappa shape index (κ1) is 13.0. The van der Waals surface area contributed by atoms with E-state index in [1.807, 2.05) is 0 Å². The third-order valence-corrected chi connectivity index (χ3v) is 2.28. The Morgan fingerprint density at radius 1 is 1.50 bits per heavy atom. The molecule has 1 aromatic rings. The minimum atomic E-state index is -4.59. The maximum atomic E-state index is 12.5. The molecule has 16 heavy (non-hydrogen) atoms. The first-order valence-electron chi connectivity index (χ1n) is 4.02. The SMILES string of the molecule is C=C(F)Cn1cc(C(F)(F)F)cc(Br)c1=O. The molecule has 1 aromatic heterocycles. The van der Waals surface area contributed by atoms with Gasteiger partial charge in [-0.3, -0.25) is 4.79 Å². The quantitative estimate of drug-likeness (QED) is 0.769. The van der Waals surface area contributed by atoms with Crippen molar-refractivity contribution in [3.8, 4) is 0 Å². The lowest BCUT2D eigenvalue weighted by atomic mass is 10.2. The lowest BCUT2D eigenvalue weighted by Crippen LogP contribution is -2.23. The molecule has 0 amide bonds. The number of halogens is 5. The molecule has 0 radical (unpaired) electrons. The van der Waals surface area contributed by atoms with E-state index >= 15 is 0 Å². The van der Waals surface area contributed by atoms with Crippen LogP contribution in [0, 0.1) is 0 Å². The Bertz CT molecular complexity index is 477. The molecule has 0 aliphatic carbocycles. The van der Waals surface area contributed by atoms with Crippen LogP contribution in [0.4, 0.5) is 17.6 Å². The Labute approximate surface area is 96.3 Å². The van der Waals surface area contributed by atoms with Gasteiger partial charge < -0.3 is 4.57 Å². The molecule has 0 atom stereocenters.